The summed E-state index contributed by atoms with van der Waals surface area (Å²) in [6.45, 7) is 5.13. The average Bonchev–Trinajstić information content (AvgIpc) is 2.97. The van der Waals surface area contributed by atoms with Crippen LogP contribution in [0.25, 0.3) is 0 Å². The first-order valence-corrected chi connectivity index (χ1v) is 16.0. The third kappa shape index (κ3) is 14.0. The molecule has 0 saturated carbocycles. The molecule has 11 nitrogen and oxygen atoms in total. The number of amides is 2. The minimum absolute atomic E-state index is 0.00780. The van der Waals surface area contributed by atoms with E-state index >= 15 is 0 Å². The van der Waals surface area contributed by atoms with E-state index in [1.165, 1.54) is 6.92 Å². The van der Waals surface area contributed by atoms with E-state index in [-0.39, 0.29) is 44.8 Å². The molecule has 0 radical (unpaired) electrons. The standard InChI is InChI=1S/C31H43N2O9P/c1-23(2)29(33-28(35)19-12-13-24(3)34)43(39,41-22-26-16-8-5-9-17-26)42-27(30(36)37)18-10-11-20-32-31(38)40-21-25-14-6-4-7-15-25/h4-9,14-17,23,27,29H,10-13,18-22H2,1-3H3,(H,32,38)(H,33,35)(H,36,37)/t27-,29?,43?/m0/s1. The van der Waals surface area contributed by atoms with Gasteiger partial charge in [0.25, 0.3) is 0 Å². The van der Waals surface area contributed by atoms with Crippen LogP contribution in [-0.4, -0.2) is 47.3 Å². The van der Waals surface area contributed by atoms with Crippen molar-refractivity contribution < 1.29 is 42.6 Å². The number of carbonyl (C=O) groups is 4. The second kappa shape index (κ2) is 18.9. The molecule has 0 aliphatic carbocycles. The van der Waals surface area contributed by atoms with Crippen LogP contribution in [0, 0.1) is 5.92 Å². The summed E-state index contributed by atoms with van der Waals surface area (Å²) in [5.41, 5.74) is 1.55. The summed E-state index contributed by atoms with van der Waals surface area (Å²) in [4.78, 5) is 48.1. The van der Waals surface area contributed by atoms with Crippen LogP contribution < -0.4 is 10.6 Å². The molecular weight excluding hydrogens is 575 g/mol. The molecule has 0 aromatic heterocycles. The molecule has 0 aliphatic rings. The lowest BCUT2D eigenvalue weighted by Crippen LogP contribution is -2.40. The maximum Gasteiger partial charge on any atom is 0.407 e. The third-order valence-corrected chi connectivity index (χ3v) is 8.84. The van der Waals surface area contributed by atoms with Crippen LogP contribution in [-0.2, 0) is 45.9 Å². The Morgan fingerprint density at radius 3 is 2.02 bits per heavy atom. The number of unbranched alkanes of at least 4 members (excludes halogenated alkanes) is 1. The Morgan fingerprint density at radius 1 is 0.860 bits per heavy atom. The molecule has 43 heavy (non-hydrogen) atoms. The monoisotopic (exact) mass is 618 g/mol. The van der Waals surface area contributed by atoms with Crippen molar-refractivity contribution in [3.8, 4) is 0 Å². The van der Waals surface area contributed by atoms with Crippen LogP contribution in [0.5, 0.6) is 0 Å². The number of carbonyl (C=O) groups excluding carboxylic acids is 3. The second-order valence-corrected chi connectivity index (χ2v) is 12.6. The summed E-state index contributed by atoms with van der Waals surface area (Å²) in [6, 6.07) is 18.1. The van der Waals surface area contributed by atoms with Gasteiger partial charge in [-0.25, -0.2) is 9.59 Å². The predicted octanol–water partition coefficient (Wildman–Crippen LogP) is 5.82. The molecule has 236 valence electrons. The lowest BCUT2D eigenvalue weighted by atomic mass is 10.1. The third-order valence-electron chi connectivity index (χ3n) is 6.39. The molecule has 2 unspecified atom stereocenters. The van der Waals surface area contributed by atoms with E-state index < -0.39 is 43.4 Å². The number of nitrogens with one attached hydrogen (secondary N) is 2. The summed E-state index contributed by atoms with van der Waals surface area (Å²) in [5.74, 6) is -3.36. The molecule has 3 atom stereocenters. The number of ether oxygens (including phenoxy) is 1. The van der Waals surface area contributed by atoms with Crippen molar-refractivity contribution in [2.24, 2.45) is 5.92 Å². The molecule has 0 heterocycles. The number of carboxylic acids is 1. The van der Waals surface area contributed by atoms with Crippen molar-refractivity contribution in [3.63, 3.8) is 0 Å². The summed E-state index contributed by atoms with van der Waals surface area (Å²) in [5, 5.41) is 15.2. The first-order valence-electron chi connectivity index (χ1n) is 14.4. The lowest BCUT2D eigenvalue weighted by molar-refractivity contribution is -0.146. The fourth-order valence-corrected chi connectivity index (χ4v) is 6.34. The van der Waals surface area contributed by atoms with Crippen LogP contribution in [0.1, 0.15) is 70.4 Å². The first-order chi connectivity index (χ1) is 20.5. The molecule has 0 spiro atoms. The van der Waals surface area contributed by atoms with Crippen LogP contribution >= 0.6 is 7.60 Å². The zero-order valence-electron chi connectivity index (χ0n) is 25.0. The van der Waals surface area contributed by atoms with Crippen LogP contribution in [0.4, 0.5) is 4.79 Å². The predicted molar refractivity (Wildman–Crippen MR) is 161 cm³/mol. The van der Waals surface area contributed by atoms with Crippen LogP contribution in [0.3, 0.4) is 0 Å². The summed E-state index contributed by atoms with van der Waals surface area (Å²) in [6.07, 6.45) is -0.736. The minimum Gasteiger partial charge on any atom is -0.479 e. The fourth-order valence-electron chi connectivity index (χ4n) is 4.08. The number of hydrogen-bond acceptors (Lipinski definition) is 8. The van der Waals surface area contributed by atoms with Gasteiger partial charge in [-0.15, -0.1) is 0 Å². The van der Waals surface area contributed by atoms with Gasteiger partial charge in [0, 0.05) is 19.4 Å². The van der Waals surface area contributed by atoms with Gasteiger partial charge in [0.15, 0.2) is 6.10 Å². The van der Waals surface area contributed by atoms with Crippen molar-refractivity contribution >= 4 is 31.3 Å². The number of aliphatic carboxylic acids is 1. The van der Waals surface area contributed by atoms with Crippen LogP contribution in [0.2, 0.25) is 0 Å². The Hall–Kier alpha value is -3.53. The molecule has 0 saturated heterocycles. The van der Waals surface area contributed by atoms with E-state index in [9.17, 15) is 28.8 Å². The molecule has 0 aliphatic heterocycles. The Labute approximate surface area is 253 Å². The van der Waals surface area contributed by atoms with Crippen molar-refractivity contribution in [1.82, 2.24) is 10.6 Å². The average molecular weight is 619 g/mol. The van der Waals surface area contributed by atoms with Crippen LogP contribution in [0.15, 0.2) is 60.7 Å². The second-order valence-electron chi connectivity index (χ2n) is 10.5. The van der Waals surface area contributed by atoms with Gasteiger partial charge in [-0.05, 0) is 49.7 Å². The number of benzene rings is 2. The van der Waals surface area contributed by atoms with E-state index in [4.69, 9.17) is 13.8 Å². The molecule has 3 N–H and O–H groups in total. The number of carboxylic acid groups (broad SMARTS) is 1. The van der Waals surface area contributed by atoms with Gasteiger partial charge < -0.3 is 29.8 Å². The Kier molecular flexibility index (Phi) is 15.7. The highest BCUT2D eigenvalue weighted by molar-refractivity contribution is 7.54. The van der Waals surface area contributed by atoms with Gasteiger partial charge in [0.1, 0.15) is 18.2 Å². The van der Waals surface area contributed by atoms with E-state index in [0.29, 0.717) is 24.8 Å². The Balaban J connectivity index is 2.02. The van der Waals surface area contributed by atoms with Gasteiger partial charge in [-0.3, -0.25) is 13.9 Å². The Morgan fingerprint density at radius 2 is 1.47 bits per heavy atom. The first kappa shape index (κ1) is 35.7. The lowest BCUT2D eigenvalue weighted by Gasteiger charge is -2.32. The van der Waals surface area contributed by atoms with Gasteiger partial charge in [-0.1, -0.05) is 74.5 Å². The maximum absolute atomic E-state index is 14.3. The van der Waals surface area contributed by atoms with Gasteiger partial charge in [0.2, 0.25) is 5.91 Å². The largest absolute Gasteiger partial charge is 0.479 e. The highest BCUT2D eigenvalue weighted by atomic mass is 31.2. The molecule has 2 aromatic rings. The zero-order valence-corrected chi connectivity index (χ0v) is 25.9. The number of rotatable bonds is 20. The van der Waals surface area contributed by atoms with E-state index in [1.807, 2.05) is 36.4 Å². The quantitative estimate of drug-likeness (QED) is 0.123. The topological polar surface area (TPSA) is 157 Å². The van der Waals surface area contributed by atoms with Gasteiger partial charge in [0.05, 0.1) is 6.61 Å². The van der Waals surface area contributed by atoms with Crippen molar-refractivity contribution in [1.29, 1.82) is 0 Å². The summed E-state index contributed by atoms with van der Waals surface area (Å²) < 4.78 is 31.0. The van der Waals surface area contributed by atoms with E-state index in [2.05, 4.69) is 10.6 Å². The van der Waals surface area contributed by atoms with E-state index in [0.717, 1.165) is 5.56 Å². The molecule has 12 heteroatoms. The zero-order chi connectivity index (χ0) is 31.7. The number of Topliss-reactive ketones (excluding diaryl/α,β-unsaturated/α-hetero) is 1. The van der Waals surface area contributed by atoms with Crippen molar-refractivity contribution in [3.05, 3.63) is 71.8 Å². The number of alkyl carbamates (subject to hydrolysis) is 1. The van der Waals surface area contributed by atoms with E-state index in [1.54, 1.807) is 38.1 Å². The van der Waals surface area contributed by atoms with Gasteiger partial charge >= 0.3 is 19.7 Å². The highest BCUT2D eigenvalue weighted by Gasteiger charge is 2.43. The van der Waals surface area contributed by atoms with Crippen molar-refractivity contribution in [2.75, 3.05) is 6.54 Å². The molecule has 0 fully saturated rings. The minimum atomic E-state index is -4.25. The van der Waals surface area contributed by atoms with Crippen molar-refractivity contribution in [2.45, 2.75) is 84.4 Å². The summed E-state index contributed by atoms with van der Waals surface area (Å²) >= 11 is 0. The molecule has 2 amide bonds. The number of hydrogen-bond donors (Lipinski definition) is 3. The normalized spacial score (nSPS) is 13.9. The van der Waals surface area contributed by atoms with Gasteiger partial charge in [-0.2, -0.15) is 0 Å². The maximum atomic E-state index is 14.3. The summed E-state index contributed by atoms with van der Waals surface area (Å²) in [7, 11) is -4.25. The molecule has 0 bridgehead atoms. The molecule has 2 rings (SSSR count). The fraction of sp³-hybridized carbons (Fsp3) is 0.484. The highest BCUT2D eigenvalue weighted by Crippen LogP contribution is 2.56. The molecular formula is C31H43N2O9P. The number of ketones is 1. The molecule has 2 aromatic carbocycles. The SMILES string of the molecule is CC(=O)CCCC(=O)NC(C(C)C)P(=O)(OCc1ccccc1)O[C@@H](CCCCNC(=O)OCc1ccccc1)C(=O)O. The Bertz CT molecular complexity index is 1210. The smallest absolute Gasteiger partial charge is 0.407 e.